The van der Waals surface area contributed by atoms with Crippen LogP contribution in [0.1, 0.15) is 131 Å². The van der Waals surface area contributed by atoms with Gasteiger partial charge in [-0.15, -0.1) is 0 Å². The minimum Gasteiger partial charge on any atom is -0.393 e. The number of nitrogens with two attached hydrogens (primary N) is 4. The van der Waals surface area contributed by atoms with Gasteiger partial charge in [0.1, 0.15) is 48.3 Å². The lowest BCUT2D eigenvalue weighted by Crippen LogP contribution is -2.61. The molecule has 75 heavy (non-hydrogen) atoms. The number of benzene rings is 1. The van der Waals surface area contributed by atoms with Crippen LogP contribution in [0.5, 0.6) is 0 Å². The third-order valence-electron chi connectivity index (χ3n) is 12.8. The fraction of sp³-hybridized carbons (Fsp3) is 0.712. The largest absolute Gasteiger partial charge is 0.393 e. The summed E-state index contributed by atoms with van der Waals surface area (Å²) in [6.07, 6.45) is 2.59. The van der Waals surface area contributed by atoms with Crippen LogP contribution in [-0.4, -0.2) is 145 Å². The van der Waals surface area contributed by atoms with Crippen molar-refractivity contribution in [1.82, 2.24) is 47.9 Å². The Labute approximate surface area is 443 Å². The number of hydrogen-bond acceptors (Lipinski definition) is 14. The van der Waals surface area contributed by atoms with Crippen LogP contribution in [0.3, 0.4) is 0 Å². The summed E-state index contributed by atoms with van der Waals surface area (Å²) in [5.74, 6) is -6.74. The van der Waals surface area contributed by atoms with Crippen molar-refractivity contribution in [1.29, 1.82) is 0 Å². The summed E-state index contributed by atoms with van der Waals surface area (Å²) < 4.78 is 0. The molecule has 0 aromatic heterocycles. The molecule has 9 amide bonds. The minimum absolute atomic E-state index is 0.0372. The molecule has 1 saturated heterocycles. The van der Waals surface area contributed by atoms with E-state index in [-0.39, 0.29) is 102 Å². The first kappa shape index (κ1) is 65.4. The van der Waals surface area contributed by atoms with Crippen molar-refractivity contribution in [3.8, 4) is 0 Å². The van der Waals surface area contributed by atoms with Gasteiger partial charge in [0.15, 0.2) is 0 Å². The van der Waals surface area contributed by atoms with Crippen molar-refractivity contribution in [2.75, 3.05) is 32.7 Å². The molecule has 1 aliphatic rings. The number of carbonyl (C=O) groups is 9. The molecule has 1 unspecified atom stereocenters. The van der Waals surface area contributed by atoms with Crippen molar-refractivity contribution in [3.05, 3.63) is 35.9 Å². The second kappa shape index (κ2) is 35.5. The van der Waals surface area contributed by atoms with Gasteiger partial charge in [-0.1, -0.05) is 91.1 Å². The summed E-state index contributed by atoms with van der Waals surface area (Å²) in [7, 11) is 0. The highest BCUT2D eigenvalue weighted by atomic mass is 16.3. The number of aliphatic hydroxyl groups is 1. The van der Waals surface area contributed by atoms with Crippen LogP contribution in [0, 0.1) is 17.8 Å². The van der Waals surface area contributed by atoms with Gasteiger partial charge in [-0.05, 0) is 107 Å². The predicted octanol–water partition coefficient (Wildman–Crippen LogP) is -1.53. The Balaban J connectivity index is 2.67. The minimum atomic E-state index is -1.46. The second-order valence-electron chi connectivity index (χ2n) is 20.6. The highest BCUT2D eigenvalue weighted by Crippen LogP contribution is 2.17. The third-order valence-corrected chi connectivity index (χ3v) is 12.8. The molecule has 0 spiro atoms. The average molecular weight is 1060 g/mol. The van der Waals surface area contributed by atoms with E-state index in [1.807, 2.05) is 27.7 Å². The summed E-state index contributed by atoms with van der Waals surface area (Å²) >= 11 is 0. The van der Waals surface area contributed by atoms with Crippen LogP contribution in [0.25, 0.3) is 0 Å². The SMILES string of the molecule is CCCCC(C)CC[C@@H](O)CC(=O)N[C@H](CCN)C(=O)N[C@H]1CCNC(=O)[C@H](CC(C)C)NC(=O)[C@H](CCN)NC(=O)[C@H](CCN)NC(=O)[C@H](Cc2ccccc2)NC(=O)[C@@H](CC(C)C)NC(=O)[C@H](CCN)NC1=O. The lowest BCUT2D eigenvalue weighted by Gasteiger charge is -2.28. The first-order valence-corrected chi connectivity index (χ1v) is 26.9. The number of unbranched alkanes of at least 4 members (excludes halogenated alkanes) is 1. The van der Waals surface area contributed by atoms with Crippen LogP contribution in [0.4, 0.5) is 0 Å². The van der Waals surface area contributed by atoms with E-state index < -0.39 is 108 Å². The van der Waals surface area contributed by atoms with Crippen molar-refractivity contribution in [2.24, 2.45) is 40.7 Å². The molecule has 23 heteroatoms. The van der Waals surface area contributed by atoms with E-state index in [4.69, 9.17) is 22.9 Å². The van der Waals surface area contributed by atoms with E-state index in [1.165, 1.54) is 0 Å². The van der Waals surface area contributed by atoms with Gasteiger partial charge >= 0.3 is 0 Å². The lowest BCUT2D eigenvalue weighted by atomic mass is 9.96. The Hall–Kier alpha value is -5.75. The maximum atomic E-state index is 14.4. The molecule has 1 aromatic carbocycles. The molecule has 23 nitrogen and oxygen atoms in total. The molecule has 1 fully saturated rings. The smallest absolute Gasteiger partial charge is 0.243 e. The van der Waals surface area contributed by atoms with Crippen molar-refractivity contribution < 1.29 is 48.3 Å². The van der Waals surface area contributed by atoms with Crippen LogP contribution in [-0.2, 0) is 49.6 Å². The van der Waals surface area contributed by atoms with E-state index in [1.54, 1.807) is 30.3 Å². The van der Waals surface area contributed by atoms with E-state index in [0.29, 0.717) is 24.3 Å². The van der Waals surface area contributed by atoms with Gasteiger partial charge in [0.25, 0.3) is 0 Å². The van der Waals surface area contributed by atoms with E-state index in [0.717, 1.165) is 19.3 Å². The summed E-state index contributed by atoms with van der Waals surface area (Å²) in [5, 5.41) is 34.9. The molecule has 1 aliphatic heterocycles. The van der Waals surface area contributed by atoms with E-state index >= 15 is 0 Å². The number of hydrogen-bond donors (Lipinski definition) is 14. The number of carbonyl (C=O) groups excluding carboxylic acids is 9. The van der Waals surface area contributed by atoms with E-state index in [2.05, 4.69) is 61.7 Å². The molecular weight excluding hydrogens is 967 g/mol. The number of rotatable bonds is 25. The Kier molecular flexibility index (Phi) is 30.9. The highest BCUT2D eigenvalue weighted by Gasteiger charge is 2.35. The van der Waals surface area contributed by atoms with Crippen molar-refractivity contribution >= 4 is 53.2 Å². The van der Waals surface area contributed by atoms with Gasteiger partial charge < -0.3 is 75.9 Å². The average Bonchev–Trinajstić information content (AvgIpc) is 3.35. The number of aliphatic hydroxyl groups excluding tert-OH is 1. The molecule has 0 saturated carbocycles. The molecule has 424 valence electrons. The Morgan fingerprint density at radius 3 is 1.56 bits per heavy atom. The molecule has 18 N–H and O–H groups in total. The Morgan fingerprint density at radius 2 is 1.07 bits per heavy atom. The molecule has 10 atom stereocenters. The maximum Gasteiger partial charge on any atom is 0.243 e. The molecule has 0 aliphatic carbocycles. The first-order valence-electron chi connectivity index (χ1n) is 26.9. The topological polar surface area (TPSA) is 386 Å². The molecule has 0 radical (unpaired) electrons. The summed E-state index contributed by atoms with van der Waals surface area (Å²) in [6, 6.07) is -1.56. The fourth-order valence-electron chi connectivity index (χ4n) is 8.59. The standard InChI is InChI=1S/C52H91N13O10/c1-7-8-12-33(6)15-16-35(66)30-44(67)58-36(17-22-53)46(69)62-40-21-26-57-45(68)41(27-31(2)3)63-48(71)38(19-24-55)59-47(70)37(18-23-54)61-52(75)43(29-34-13-10-9-11-14-34)65-51(74)42(28-32(4)5)64-49(72)39(20-25-56)60-50(40)73/h9-11,13-14,31-33,35-43,66H,7-8,12,15-30,53-56H2,1-6H3,(H,57,68)(H,58,67)(H,59,70)(H,60,73)(H,61,75)(H,62,69)(H,63,71)(H,64,72)(H,65,74)/t33?,35-,36-,37+,38+,39+,40+,41+,42-,43+/m1/s1. The van der Waals surface area contributed by atoms with Crippen LogP contribution >= 0.6 is 0 Å². The van der Waals surface area contributed by atoms with E-state index in [9.17, 15) is 48.3 Å². The van der Waals surface area contributed by atoms with Crippen molar-refractivity contribution in [3.63, 3.8) is 0 Å². The van der Waals surface area contributed by atoms with Crippen LogP contribution in [0.2, 0.25) is 0 Å². The Morgan fingerprint density at radius 1 is 0.600 bits per heavy atom. The summed E-state index contributed by atoms with van der Waals surface area (Å²) in [6.45, 7) is 11.0. The first-order chi connectivity index (χ1) is 35.7. The monoisotopic (exact) mass is 1060 g/mol. The number of nitrogens with one attached hydrogen (secondary N) is 9. The molecule has 0 bridgehead atoms. The predicted molar refractivity (Wildman–Crippen MR) is 285 cm³/mol. The summed E-state index contributed by atoms with van der Waals surface area (Å²) in [4.78, 5) is 126. The molecular formula is C52H91N13O10. The highest BCUT2D eigenvalue weighted by molar-refractivity contribution is 5.98. The van der Waals surface area contributed by atoms with Gasteiger partial charge in [0.2, 0.25) is 53.2 Å². The molecule has 1 aromatic rings. The Bertz CT molecular complexity index is 1960. The normalized spacial score (nSPS) is 23.3. The van der Waals surface area contributed by atoms with Crippen LogP contribution < -0.4 is 70.8 Å². The van der Waals surface area contributed by atoms with Gasteiger partial charge in [-0.2, -0.15) is 0 Å². The van der Waals surface area contributed by atoms with Gasteiger partial charge in [0.05, 0.1) is 12.5 Å². The molecule has 1 heterocycles. The van der Waals surface area contributed by atoms with Crippen molar-refractivity contribution in [2.45, 2.75) is 186 Å². The third kappa shape index (κ3) is 25.1. The van der Waals surface area contributed by atoms with Gasteiger partial charge in [-0.25, -0.2) is 0 Å². The maximum absolute atomic E-state index is 14.4. The van der Waals surface area contributed by atoms with Crippen LogP contribution in [0.15, 0.2) is 30.3 Å². The van der Waals surface area contributed by atoms with Gasteiger partial charge in [-0.3, -0.25) is 43.2 Å². The summed E-state index contributed by atoms with van der Waals surface area (Å²) in [5.41, 5.74) is 24.3. The fourth-order valence-corrected chi connectivity index (χ4v) is 8.59. The second-order valence-corrected chi connectivity index (χ2v) is 20.6. The zero-order valence-electron chi connectivity index (χ0n) is 45.2. The quantitative estimate of drug-likeness (QED) is 0.0529. The zero-order chi connectivity index (χ0) is 56.0. The molecule has 2 rings (SSSR count). The van der Waals surface area contributed by atoms with Gasteiger partial charge in [0, 0.05) is 13.0 Å². The number of amides is 9. The zero-order valence-corrected chi connectivity index (χ0v) is 45.2. The lowest BCUT2D eigenvalue weighted by molar-refractivity contribution is -0.136.